The Labute approximate surface area is 326 Å². The smallest absolute Gasteiger partial charge is 0.356 e. The van der Waals surface area contributed by atoms with Gasteiger partial charge in [-0.15, -0.1) is 5.10 Å². The molecule has 0 amide bonds. The van der Waals surface area contributed by atoms with Crippen LogP contribution in [0, 0.1) is 0 Å². The van der Waals surface area contributed by atoms with Crippen LogP contribution in [-0.2, 0) is 23.2 Å². The van der Waals surface area contributed by atoms with E-state index in [1.807, 2.05) is 35.1 Å². The molecule has 0 saturated heterocycles. The van der Waals surface area contributed by atoms with Gasteiger partial charge in [-0.05, 0) is 62.4 Å². The molecular weight excluding hydrogens is 695 g/mol. The van der Waals surface area contributed by atoms with Crippen molar-refractivity contribution in [3.63, 3.8) is 0 Å². The molecule has 0 N–H and O–H groups in total. The fourth-order valence-electron chi connectivity index (χ4n) is 7.35. The number of hydrogen-bond donors (Lipinski definition) is 0. The van der Waals surface area contributed by atoms with Crippen molar-refractivity contribution in [2.75, 3.05) is 7.11 Å². The molecule has 0 aliphatic carbocycles. The van der Waals surface area contributed by atoms with Crippen LogP contribution in [0.15, 0.2) is 164 Å². The predicted molar refractivity (Wildman–Crippen MR) is 218 cm³/mol. The monoisotopic (exact) mass is 735 g/mol. The van der Waals surface area contributed by atoms with Crippen LogP contribution in [0.25, 0.3) is 33.9 Å². The van der Waals surface area contributed by atoms with Crippen molar-refractivity contribution in [2.45, 2.75) is 38.3 Å². The van der Waals surface area contributed by atoms with Crippen LogP contribution in [0.4, 0.5) is 0 Å². The molecule has 3 aromatic heterocycles. The highest BCUT2D eigenvalue weighted by molar-refractivity contribution is 5.87. The van der Waals surface area contributed by atoms with E-state index in [0.717, 1.165) is 69.7 Å². The van der Waals surface area contributed by atoms with Gasteiger partial charge in [0.05, 0.1) is 12.8 Å². The lowest BCUT2D eigenvalue weighted by molar-refractivity contribution is 0.0594. The number of unbranched alkanes of at least 4 members (excludes halogenated alkanes) is 1. The standard InChI is InChI=1S/C47H41N7O2/c1-3-4-23-44-49-43(41-21-14-22-42(48-41)46(55)56-2)33-53(44)32-34-24-26-35(27-25-34)36-28-30-37(31-29-36)45-50-51-52-54(45)47(38-15-8-5-9-16-38,39-17-10-6-11-18-39)40-19-12-7-13-20-40/h5-22,24-31,33H,3-4,23,32H2,1-2H3. The number of aromatic nitrogens is 7. The third-order valence-corrected chi connectivity index (χ3v) is 10.2. The molecule has 56 heavy (non-hydrogen) atoms. The number of imidazole rings is 1. The lowest BCUT2D eigenvalue weighted by Gasteiger charge is -2.36. The number of hydrogen-bond acceptors (Lipinski definition) is 7. The Morgan fingerprint density at radius 2 is 1.21 bits per heavy atom. The van der Waals surface area contributed by atoms with Gasteiger partial charge in [0.15, 0.2) is 5.82 Å². The Morgan fingerprint density at radius 1 is 0.643 bits per heavy atom. The van der Waals surface area contributed by atoms with Gasteiger partial charge in [-0.1, -0.05) is 159 Å². The maximum atomic E-state index is 12.1. The number of tetrazole rings is 1. The summed E-state index contributed by atoms with van der Waals surface area (Å²) in [5.41, 5.74) is 8.22. The fourth-order valence-corrected chi connectivity index (χ4v) is 7.35. The molecule has 0 aliphatic heterocycles. The van der Waals surface area contributed by atoms with Crippen LogP contribution in [0.3, 0.4) is 0 Å². The summed E-state index contributed by atoms with van der Waals surface area (Å²) in [5.74, 6) is 1.18. The minimum Gasteiger partial charge on any atom is -0.464 e. The van der Waals surface area contributed by atoms with Crippen molar-refractivity contribution in [1.82, 2.24) is 34.7 Å². The highest BCUT2D eigenvalue weighted by atomic mass is 16.5. The van der Waals surface area contributed by atoms with Crippen LogP contribution in [0.5, 0.6) is 0 Å². The van der Waals surface area contributed by atoms with E-state index in [4.69, 9.17) is 14.9 Å². The second-order valence-electron chi connectivity index (χ2n) is 13.7. The lowest BCUT2D eigenvalue weighted by atomic mass is 9.77. The summed E-state index contributed by atoms with van der Waals surface area (Å²) in [6, 6.07) is 53.7. The van der Waals surface area contributed by atoms with Crippen molar-refractivity contribution in [1.29, 1.82) is 0 Å². The van der Waals surface area contributed by atoms with Gasteiger partial charge in [-0.3, -0.25) is 0 Å². The highest BCUT2D eigenvalue weighted by Crippen LogP contribution is 2.42. The van der Waals surface area contributed by atoms with Gasteiger partial charge in [-0.2, -0.15) is 0 Å². The Bertz CT molecular complexity index is 2430. The number of aryl methyl sites for hydroxylation is 1. The van der Waals surface area contributed by atoms with Crippen molar-refractivity contribution >= 4 is 5.97 Å². The van der Waals surface area contributed by atoms with E-state index in [1.165, 1.54) is 7.11 Å². The maximum Gasteiger partial charge on any atom is 0.356 e. The van der Waals surface area contributed by atoms with E-state index >= 15 is 0 Å². The number of nitrogens with zero attached hydrogens (tertiary/aromatic N) is 7. The lowest BCUT2D eigenvalue weighted by Crippen LogP contribution is -2.39. The average Bonchev–Trinajstić information content (AvgIpc) is 3.92. The zero-order chi connectivity index (χ0) is 38.3. The first-order valence-corrected chi connectivity index (χ1v) is 18.9. The molecule has 0 saturated carbocycles. The topological polar surface area (TPSA) is 101 Å². The summed E-state index contributed by atoms with van der Waals surface area (Å²) in [6.07, 6.45) is 4.97. The van der Waals surface area contributed by atoms with Crippen LogP contribution in [-0.4, -0.2) is 47.8 Å². The number of carbonyl (C=O) groups excluding carboxylic acids is 1. The average molecular weight is 736 g/mol. The molecule has 8 aromatic rings. The van der Waals surface area contributed by atoms with Crippen LogP contribution < -0.4 is 0 Å². The van der Waals surface area contributed by atoms with Crippen molar-refractivity contribution in [2.24, 2.45) is 0 Å². The number of pyridine rings is 1. The van der Waals surface area contributed by atoms with Crippen LogP contribution in [0.2, 0.25) is 0 Å². The van der Waals surface area contributed by atoms with Crippen molar-refractivity contribution < 1.29 is 9.53 Å². The molecular formula is C47H41N7O2. The van der Waals surface area contributed by atoms with Gasteiger partial charge < -0.3 is 9.30 Å². The second-order valence-corrected chi connectivity index (χ2v) is 13.7. The molecule has 9 nitrogen and oxygen atoms in total. The molecule has 0 aliphatic rings. The fraction of sp³-hybridized carbons (Fsp3) is 0.149. The molecule has 9 heteroatoms. The van der Waals surface area contributed by atoms with E-state index in [0.29, 0.717) is 18.1 Å². The molecule has 0 atom stereocenters. The number of esters is 1. The Kier molecular flexibility index (Phi) is 10.4. The van der Waals surface area contributed by atoms with Gasteiger partial charge in [0.2, 0.25) is 0 Å². The van der Waals surface area contributed by atoms with Gasteiger partial charge >= 0.3 is 5.97 Å². The molecule has 0 bridgehead atoms. The molecule has 5 aromatic carbocycles. The summed E-state index contributed by atoms with van der Waals surface area (Å²) in [6.45, 7) is 2.84. The third kappa shape index (κ3) is 7.02. The normalized spacial score (nSPS) is 11.4. The quantitative estimate of drug-likeness (QED) is 0.0860. The number of benzene rings is 5. The van der Waals surface area contributed by atoms with Crippen molar-refractivity contribution in [3.8, 4) is 33.9 Å². The minimum absolute atomic E-state index is 0.261. The first-order valence-electron chi connectivity index (χ1n) is 18.9. The van der Waals surface area contributed by atoms with Gasteiger partial charge in [-0.25, -0.2) is 19.4 Å². The largest absolute Gasteiger partial charge is 0.464 e. The molecule has 0 fully saturated rings. The number of rotatable bonds is 13. The van der Waals surface area contributed by atoms with Gasteiger partial charge in [0, 0.05) is 24.7 Å². The zero-order valence-electron chi connectivity index (χ0n) is 31.4. The first kappa shape index (κ1) is 36.0. The summed E-state index contributed by atoms with van der Waals surface area (Å²) in [7, 11) is 1.36. The summed E-state index contributed by atoms with van der Waals surface area (Å²) in [4.78, 5) is 21.6. The van der Waals surface area contributed by atoms with E-state index < -0.39 is 11.5 Å². The molecule has 3 heterocycles. The number of carbonyl (C=O) groups is 1. The van der Waals surface area contributed by atoms with Gasteiger partial charge in [0.25, 0.3) is 0 Å². The number of methoxy groups -OCH3 is 1. The second kappa shape index (κ2) is 16.2. The summed E-state index contributed by atoms with van der Waals surface area (Å²) in [5, 5.41) is 13.6. The van der Waals surface area contributed by atoms with E-state index in [9.17, 15) is 4.79 Å². The zero-order valence-corrected chi connectivity index (χ0v) is 31.4. The third-order valence-electron chi connectivity index (χ3n) is 10.2. The molecule has 8 rings (SSSR count). The van der Waals surface area contributed by atoms with Gasteiger partial charge in [0.1, 0.15) is 22.8 Å². The SMILES string of the molecule is CCCCc1nc(-c2cccc(C(=O)OC)n2)cn1Cc1ccc(-c2ccc(-c3nnnn3C(c3ccccc3)(c3ccccc3)c3ccccc3)cc2)cc1. The van der Waals surface area contributed by atoms with E-state index in [1.54, 1.807) is 12.1 Å². The first-order chi connectivity index (χ1) is 27.6. The van der Waals surface area contributed by atoms with Crippen LogP contribution in [0.1, 0.15) is 58.3 Å². The summed E-state index contributed by atoms with van der Waals surface area (Å²) < 4.78 is 9.02. The molecule has 0 radical (unpaired) electrons. The molecule has 0 unspecified atom stereocenters. The molecule has 276 valence electrons. The van der Waals surface area contributed by atoms with Crippen LogP contribution >= 0.6 is 0 Å². The molecule has 0 spiro atoms. The predicted octanol–water partition coefficient (Wildman–Crippen LogP) is 9.28. The Balaban J connectivity index is 1.09. The number of ether oxygens (including phenoxy) is 1. The Hall–Kier alpha value is -7.00. The Morgan fingerprint density at radius 3 is 1.79 bits per heavy atom. The van der Waals surface area contributed by atoms with E-state index in [2.05, 4.69) is 148 Å². The maximum absolute atomic E-state index is 12.1. The summed E-state index contributed by atoms with van der Waals surface area (Å²) >= 11 is 0. The van der Waals surface area contributed by atoms with Crippen molar-refractivity contribution in [3.05, 3.63) is 198 Å². The minimum atomic E-state index is -0.826. The highest BCUT2D eigenvalue weighted by Gasteiger charge is 2.41. The van der Waals surface area contributed by atoms with E-state index in [-0.39, 0.29) is 5.69 Å².